The van der Waals surface area contributed by atoms with Crippen molar-refractivity contribution in [3.05, 3.63) is 29.3 Å². The Morgan fingerprint density at radius 2 is 2.27 bits per heavy atom. The standard InChI is InChI=1S/C12H11ClO2/c13-7-3-1-2-4-10-5-6-11(9-14)12(15)8-10/h5-6,8-9,15H,1,3,7H2. The summed E-state index contributed by atoms with van der Waals surface area (Å²) in [7, 11) is 0. The van der Waals surface area contributed by atoms with Gasteiger partial charge in [0.25, 0.3) is 0 Å². The molecule has 0 aliphatic carbocycles. The molecule has 0 atom stereocenters. The zero-order valence-corrected chi connectivity index (χ0v) is 8.92. The van der Waals surface area contributed by atoms with Crippen molar-refractivity contribution in [1.82, 2.24) is 0 Å². The summed E-state index contributed by atoms with van der Waals surface area (Å²) in [6.07, 6.45) is 2.20. The Kier molecular flexibility index (Phi) is 4.73. The van der Waals surface area contributed by atoms with Crippen molar-refractivity contribution in [3.63, 3.8) is 0 Å². The van der Waals surface area contributed by atoms with E-state index in [1.165, 1.54) is 6.07 Å². The number of phenols is 1. The van der Waals surface area contributed by atoms with Gasteiger partial charge in [0.1, 0.15) is 5.75 Å². The number of phenolic OH excluding ortho intramolecular Hbond substituents is 1. The smallest absolute Gasteiger partial charge is 0.153 e. The molecule has 2 nitrogen and oxygen atoms in total. The van der Waals surface area contributed by atoms with Gasteiger partial charge in [-0.2, -0.15) is 0 Å². The van der Waals surface area contributed by atoms with Crippen molar-refractivity contribution in [2.45, 2.75) is 12.8 Å². The van der Waals surface area contributed by atoms with E-state index in [4.69, 9.17) is 11.6 Å². The van der Waals surface area contributed by atoms with E-state index in [-0.39, 0.29) is 11.3 Å². The van der Waals surface area contributed by atoms with Crippen LogP contribution in [0.1, 0.15) is 28.8 Å². The second-order valence-corrected chi connectivity index (χ2v) is 3.36. The molecule has 0 heterocycles. The number of alkyl halides is 1. The largest absolute Gasteiger partial charge is 0.507 e. The molecule has 0 aliphatic rings. The van der Waals surface area contributed by atoms with Crippen LogP contribution in [-0.4, -0.2) is 17.3 Å². The molecule has 1 aromatic carbocycles. The van der Waals surface area contributed by atoms with E-state index in [2.05, 4.69) is 11.8 Å². The molecule has 3 heteroatoms. The summed E-state index contributed by atoms with van der Waals surface area (Å²) in [6.45, 7) is 0. The highest BCUT2D eigenvalue weighted by molar-refractivity contribution is 6.17. The monoisotopic (exact) mass is 222 g/mol. The molecule has 78 valence electrons. The maximum absolute atomic E-state index is 10.4. The molecule has 1 rings (SSSR count). The van der Waals surface area contributed by atoms with Gasteiger partial charge in [-0.05, 0) is 24.6 Å². The molecule has 1 aromatic rings. The van der Waals surface area contributed by atoms with Crippen LogP contribution < -0.4 is 0 Å². The first-order valence-electron chi connectivity index (χ1n) is 4.61. The average molecular weight is 223 g/mol. The number of carbonyl (C=O) groups excluding carboxylic acids is 1. The van der Waals surface area contributed by atoms with Gasteiger partial charge in [-0.1, -0.05) is 11.8 Å². The van der Waals surface area contributed by atoms with E-state index >= 15 is 0 Å². The first kappa shape index (κ1) is 11.6. The predicted molar refractivity (Wildman–Crippen MR) is 60.3 cm³/mol. The van der Waals surface area contributed by atoms with Crippen molar-refractivity contribution in [2.75, 3.05) is 5.88 Å². The van der Waals surface area contributed by atoms with Crippen LogP contribution in [0.15, 0.2) is 18.2 Å². The second kappa shape index (κ2) is 6.10. The number of halogens is 1. The van der Waals surface area contributed by atoms with Crippen LogP contribution in [0.25, 0.3) is 0 Å². The Hall–Kier alpha value is -1.46. The topological polar surface area (TPSA) is 37.3 Å². The van der Waals surface area contributed by atoms with Gasteiger partial charge < -0.3 is 5.11 Å². The minimum atomic E-state index is -0.0332. The van der Waals surface area contributed by atoms with Gasteiger partial charge in [-0.3, -0.25) is 4.79 Å². The Morgan fingerprint density at radius 1 is 1.47 bits per heavy atom. The molecule has 1 N–H and O–H groups in total. The minimum Gasteiger partial charge on any atom is -0.507 e. The van der Waals surface area contributed by atoms with Crippen molar-refractivity contribution in [1.29, 1.82) is 0 Å². The number of rotatable bonds is 3. The molecule has 0 spiro atoms. The Morgan fingerprint density at radius 3 is 2.87 bits per heavy atom. The third-order valence-corrected chi connectivity index (χ3v) is 2.09. The summed E-state index contributed by atoms with van der Waals surface area (Å²) >= 11 is 5.50. The van der Waals surface area contributed by atoms with Crippen LogP contribution in [-0.2, 0) is 0 Å². The fourth-order valence-electron chi connectivity index (χ4n) is 1.04. The second-order valence-electron chi connectivity index (χ2n) is 2.99. The van der Waals surface area contributed by atoms with E-state index in [0.29, 0.717) is 17.7 Å². The van der Waals surface area contributed by atoms with Gasteiger partial charge in [0.2, 0.25) is 0 Å². The quantitative estimate of drug-likeness (QED) is 0.369. The Balaban J connectivity index is 2.73. The lowest BCUT2D eigenvalue weighted by atomic mass is 10.1. The zero-order valence-electron chi connectivity index (χ0n) is 8.16. The van der Waals surface area contributed by atoms with Crippen LogP contribution in [0.5, 0.6) is 5.75 Å². The maximum atomic E-state index is 10.4. The predicted octanol–water partition coefficient (Wildman–Crippen LogP) is 2.58. The van der Waals surface area contributed by atoms with Crippen LogP contribution in [0.2, 0.25) is 0 Å². The van der Waals surface area contributed by atoms with E-state index < -0.39 is 0 Å². The lowest BCUT2D eigenvalue weighted by Gasteiger charge is -1.96. The highest BCUT2D eigenvalue weighted by Crippen LogP contribution is 2.16. The molecule has 0 amide bonds. The van der Waals surface area contributed by atoms with E-state index in [1.54, 1.807) is 12.1 Å². The zero-order chi connectivity index (χ0) is 11.1. The number of aromatic hydroxyl groups is 1. The van der Waals surface area contributed by atoms with Crippen molar-refractivity contribution in [2.24, 2.45) is 0 Å². The number of hydrogen-bond donors (Lipinski definition) is 1. The fraction of sp³-hybridized carbons (Fsp3) is 0.250. The molecule has 0 radical (unpaired) electrons. The summed E-state index contributed by atoms with van der Waals surface area (Å²) in [4.78, 5) is 10.4. The third-order valence-electron chi connectivity index (χ3n) is 1.83. The number of hydrogen-bond acceptors (Lipinski definition) is 2. The molecule has 0 aliphatic heterocycles. The molecule has 0 fully saturated rings. The third kappa shape index (κ3) is 3.65. The van der Waals surface area contributed by atoms with Gasteiger partial charge in [-0.25, -0.2) is 0 Å². The van der Waals surface area contributed by atoms with E-state index in [9.17, 15) is 9.90 Å². The summed E-state index contributed by atoms with van der Waals surface area (Å²) in [5.41, 5.74) is 0.981. The first-order chi connectivity index (χ1) is 7.27. The molecular formula is C12H11ClO2. The Labute approximate surface area is 93.9 Å². The lowest BCUT2D eigenvalue weighted by molar-refractivity contribution is 0.112. The summed E-state index contributed by atoms with van der Waals surface area (Å²) in [5, 5.41) is 9.37. The maximum Gasteiger partial charge on any atom is 0.153 e. The van der Waals surface area contributed by atoms with Gasteiger partial charge in [0.05, 0.1) is 5.56 Å². The normalized spacial score (nSPS) is 9.13. The van der Waals surface area contributed by atoms with Crippen LogP contribution in [0.3, 0.4) is 0 Å². The Bertz CT molecular complexity index is 402. The number of unbranched alkanes of at least 4 members (excludes halogenated alkanes) is 1. The fourth-order valence-corrected chi connectivity index (χ4v) is 1.17. The summed E-state index contributed by atoms with van der Waals surface area (Å²) < 4.78 is 0. The first-order valence-corrected chi connectivity index (χ1v) is 5.14. The number of carbonyl (C=O) groups is 1. The van der Waals surface area contributed by atoms with Crippen molar-refractivity contribution >= 4 is 17.9 Å². The van der Waals surface area contributed by atoms with Crippen LogP contribution in [0.4, 0.5) is 0 Å². The molecule has 0 unspecified atom stereocenters. The van der Waals surface area contributed by atoms with Crippen LogP contribution >= 0.6 is 11.6 Å². The number of aldehydes is 1. The van der Waals surface area contributed by atoms with Crippen LogP contribution in [0, 0.1) is 11.8 Å². The highest BCUT2D eigenvalue weighted by Gasteiger charge is 1.98. The molecule has 0 saturated heterocycles. The minimum absolute atomic E-state index is 0.0332. The lowest BCUT2D eigenvalue weighted by Crippen LogP contribution is -1.82. The molecule has 0 saturated carbocycles. The average Bonchev–Trinajstić information content (AvgIpc) is 2.25. The van der Waals surface area contributed by atoms with Gasteiger partial charge in [0.15, 0.2) is 6.29 Å². The SMILES string of the molecule is O=Cc1ccc(C#CCCCCl)cc1O. The molecule has 0 aromatic heterocycles. The molecule has 15 heavy (non-hydrogen) atoms. The van der Waals surface area contributed by atoms with E-state index in [0.717, 1.165) is 12.8 Å². The summed E-state index contributed by atoms with van der Waals surface area (Å²) in [5.74, 6) is 6.39. The van der Waals surface area contributed by atoms with E-state index in [1.807, 2.05) is 0 Å². The van der Waals surface area contributed by atoms with Gasteiger partial charge in [-0.15, -0.1) is 11.6 Å². The highest BCUT2D eigenvalue weighted by atomic mass is 35.5. The van der Waals surface area contributed by atoms with Crippen molar-refractivity contribution < 1.29 is 9.90 Å². The number of benzene rings is 1. The molecule has 0 bridgehead atoms. The summed E-state index contributed by atoms with van der Waals surface area (Å²) in [6, 6.07) is 4.74. The van der Waals surface area contributed by atoms with Crippen molar-refractivity contribution in [3.8, 4) is 17.6 Å². The molecular weight excluding hydrogens is 212 g/mol. The van der Waals surface area contributed by atoms with Gasteiger partial charge in [0, 0.05) is 17.9 Å². The van der Waals surface area contributed by atoms with Gasteiger partial charge >= 0.3 is 0 Å².